The summed E-state index contributed by atoms with van der Waals surface area (Å²) in [7, 11) is 0. The van der Waals surface area contributed by atoms with Gasteiger partial charge >= 0.3 is 5.69 Å². The first-order chi connectivity index (χ1) is 11.6. The van der Waals surface area contributed by atoms with Gasteiger partial charge in [-0.05, 0) is 30.3 Å². The third-order valence-electron chi connectivity index (χ3n) is 3.58. The second-order valence-electron chi connectivity index (χ2n) is 5.17. The third-order valence-corrected chi connectivity index (χ3v) is 3.58. The Hall–Kier alpha value is -3.41. The van der Waals surface area contributed by atoms with Gasteiger partial charge in [0.05, 0.1) is 16.6 Å². The van der Waals surface area contributed by atoms with Crippen molar-refractivity contribution in [3.63, 3.8) is 0 Å². The minimum atomic E-state index is -0.553. The lowest BCUT2D eigenvalue weighted by atomic mass is 10.1. The highest BCUT2D eigenvalue weighted by molar-refractivity contribution is 5.97. The first-order valence-corrected chi connectivity index (χ1v) is 7.35. The molecular weight excluding hydrogens is 306 g/mol. The summed E-state index contributed by atoms with van der Waals surface area (Å²) in [5.74, 6) is -0.301. The highest BCUT2D eigenvalue weighted by Gasteiger charge is 2.12. The van der Waals surface area contributed by atoms with Crippen molar-refractivity contribution in [2.45, 2.75) is 0 Å². The number of carbonyl (C=O) groups excluding carboxylic acids is 1. The van der Waals surface area contributed by atoms with Crippen LogP contribution in [0.15, 0.2) is 70.8 Å². The van der Waals surface area contributed by atoms with E-state index in [4.69, 9.17) is 0 Å². The maximum absolute atomic E-state index is 12.6. The van der Waals surface area contributed by atoms with Crippen LogP contribution in [0.5, 0.6) is 0 Å². The van der Waals surface area contributed by atoms with E-state index in [1.807, 2.05) is 0 Å². The Labute approximate surface area is 137 Å². The van der Waals surface area contributed by atoms with Crippen molar-refractivity contribution in [2.24, 2.45) is 0 Å². The summed E-state index contributed by atoms with van der Waals surface area (Å²) >= 11 is 0. The van der Waals surface area contributed by atoms with Crippen LogP contribution in [-0.2, 0) is 0 Å². The topological polar surface area (TPSA) is 84.0 Å². The smallest absolute Gasteiger partial charge is 0.333 e. The first-order valence-electron chi connectivity index (χ1n) is 7.35. The standard InChI is InChI=1S/C18H15N3O3/c1-2-10-19-16(22)12-8-9-14-15(11-12)20-18(24)21(17(14)23)13-6-4-3-5-7-13/h2-9,11H,1,10H2,(H,19,22)(H,20,24). The maximum Gasteiger partial charge on any atom is 0.333 e. The minimum absolute atomic E-state index is 0.301. The number of H-pyrrole nitrogens is 1. The summed E-state index contributed by atoms with van der Waals surface area (Å²) in [5, 5.41) is 2.98. The molecule has 0 aliphatic heterocycles. The molecule has 3 rings (SSSR count). The molecule has 0 saturated carbocycles. The number of para-hydroxylation sites is 1. The van der Waals surface area contributed by atoms with Gasteiger partial charge in [0, 0.05) is 12.1 Å². The number of hydrogen-bond acceptors (Lipinski definition) is 3. The SMILES string of the molecule is C=CCNC(=O)c1ccc2c(=O)n(-c3ccccc3)c(=O)[nH]c2c1. The van der Waals surface area contributed by atoms with Crippen LogP contribution in [-0.4, -0.2) is 22.0 Å². The summed E-state index contributed by atoms with van der Waals surface area (Å²) < 4.78 is 1.07. The molecule has 0 saturated heterocycles. The molecule has 0 fully saturated rings. The van der Waals surface area contributed by atoms with Crippen LogP contribution >= 0.6 is 0 Å². The van der Waals surface area contributed by atoms with E-state index in [1.54, 1.807) is 42.5 Å². The number of fused-ring (bicyclic) bond motifs is 1. The van der Waals surface area contributed by atoms with Crippen molar-refractivity contribution < 1.29 is 4.79 Å². The van der Waals surface area contributed by atoms with Gasteiger partial charge in [-0.2, -0.15) is 0 Å². The molecule has 24 heavy (non-hydrogen) atoms. The molecule has 0 unspecified atom stereocenters. The van der Waals surface area contributed by atoms with Crippen LogP contribution in [0, 0.1) is 0 Å². The molecule has 2 N–H and O–H groups in total. The van der Waals surface area contributed by atoms with Gasteiger partial charge in [0.2, 0.25) is 0 Å². The molecule has 120 valence electrons. The molecule has 0 bridgehead atoms. The van der Waals surface area contributed by atoms with Crippen molar-refractivity contribution in [1.29, 1.82) is 0 Å². The van der Waals surface area contributed by atoms with Crippen molar-refractivity contribution in [3.05, 3.63) is 87.6 Å². The maximum atomic E-state index is 12.6. The van der Waals surface area contributed by atoms with E-state index in [0.29, 0.717) is 28.7 Å². The number of amides is 1. The Balaban J connectivity index is 2.15. The van der Waals surface area contributed by atoms with Crippen molar-refractivity contribution in [2.75, 3.05) is 6.54 Å². The van der Waals surface area contributed by atoms with Gasteiger partial charge in [-0.15, -0.1) is 6.58 Å². The van der Waals surface area contributed by atoms with Gasteiger partial charge < -0.3 is 10.3 Å². The van der Waals surface area contributed by atoms with Gasteiger partial charge in [0.1, 0.15) is 0 Å². The summed E-state index contributed by atoms with van der Waals surface area (Å²) in [6.45, 7) is 3.87. The van der Waals surface area contributed by atoms with Crippen molar-refractivity contribution in [3.8, 4) is 5.69 Å². The number of aromatic nitrogens is 2. The normalized spacial score (nSPS) is 10.5. The lowest BCUT2D eigenvalue weighted by Gasteiger charge is -2.08. The summed E-state index contributed by atoms with van der Waals surface area (Å²) in [4.78, 5) is 39.6. The van der Waals surface area contributed by atoms with E-state index in [2.05, 4.69) is 16.9 Å². The van der Waals surface area contributed by atoms with E-state index in [9.17, 15) is 14.4 Å². The predicted molar refractivity (Wildman–Crippen MR) is 92.7 cm³/mol. The van der Waals surface area contributed by atoms with E-state index in [0.717, 1.165) is 4.57 Å². The molecule has 3 aromatic rings. The second-order valence-corrected chi connectivity index (χ2v) is 5.17. The lowest BCUT2D eigenvalue weighted by Crippen LogP contribution is -2.33. The fourth-order valence-electron chi connectivity index (χ4n) is 2.44. The first kappa shape index (κ1) is 15.5. The van der Waals surface area contributed by atoms with Crippen LogP contribution < -0.4 is 16.6 Å². The van der Waals surface area contributed by atoms with Crippen LogP contribution in [0.4, 0.5) is 0 Å². The second kappa shape index (κ2) is 6.37. The van der Waals surface area contributed by atoms with Crippen molar-refractivity contribution >= 4 is 16.8 Å². The van der Waals surface area contributed by atoms with E-state index < -0.39 is 11.2 Å². The quantitative estimate of drug-likeness (QED) is 0.716. The Morgan fingerprint density at radius 3 is 2.62 bits per heavy atom. The molecule has 1 aromatic heterocycles. The number of benzene rings is 2. The third kappa shape index (κ3) is 2.77. The number of hydrogen-bond donors (Lipinski definition) is 2. The van der Waals surface area contributed by atoms with E-state index in [1.165, 1.54) is 12.1 Å². The highest BCUT2D eigenvalue weighted by atomic mass is 16.2. The molecule has 1 heterocycles. The lowest BCUT2D eigenvalue weighted by molar-refractivity contribution is 0.0958. The summed E-state index contributed by atoms with van der Waals surface area (Å²) in [6, 6.07) is 13.2. The minimum Gasteiger partial charge on any atom is -0.349 e. The molecule has 2 aromatic carbocycles. The van der Waals surface area contributed by atoms with E-state index in [-0.39, 0.29) is 5.91 Å². The van der Waals surface area contributed by atoms with Gasteiger partial charge in [-0.3, -0.25) is 9.59 Å². The number of carbonyl (C=O) groups is 1. The van der Waals surface area contributed by atoms with E-state index >= 15 is 0 Å². The Bertz CT molecular complexity index is 1030. The molecule has 0 aliphatic rings. The number of rotatable bonds is 4. The Kier molecular flexibility index (Phi) is 4.11. The Morgan fingerprint density at radius 1 is 1.17 bits per heavy atom. The van der Waals surface area contributed by atoms with Crippen LogP contribution in [0.25, 0.3) is 16.6 Å². The number of nitrogens with zero attached hydrogens (tertiary/aromatic N) is 1. The van der Waals surface area contributed by atoms with Crippen LogP contribution in [0.2, 0.25) is 0 Å². The molecule has 6 heteroatoms. The molecule has 0 spiro atoms. The molecular formula is C18H15N3O3. The van der Waals surface area contributed by atoms with Crippen LogP contribution in [0.1, 0.15) is 10.4 Å². The summed E-state index contributed by atoms with van der Waals surface area (Å²) in [6.07, 6.45) is 1.57. The van der Waals surface area contributed by atoms with Crippen molar-refractivity contribution in [1.82, 2.24) is 14.9 Å². The molecule has 0 aliphatic carbocycles. The van der Waals surface area contributed by atoms with Gasteiger partial charge in [0.15, 0.2) is 0 Å². The van der Waals surface area contributed by atoms with Gasteiger partial charge in [-0.25, -0.2) is 9.36 Å². The highest BCUT2D eigenvalue weighted by Crippen LogP contribution is 2.10. The largest absolute Gasteiger partial charge is 0.349 e. The average molecular weight is 321 g/mol. The molecule has 0 radical (unpaired) electrons. The zero-order valence-corrected chi connectivity index (χ0v) is 12.8. The van der Waals surface area contributed by atoms with Crippen LogP contribution in [0.3, 0.4) is 0 Å². The fourth-order valence-corrected chi connectivity index (χ4v) is 2.44. The average Bonchev–Trinajstić information content (AvgIpc) is 2.60. The predicted octanol–water partition coefficient (Wildman–Crippen LogP) is 1.59. The number of nitrogens with one attached hydrogen (secondary N) is 2. The fraction of sp³-hybridized carbons (Fsp3) is 0.0556. The monoisotopic (exact) mass is 321 g/mol. The van der Waals surface area contributed by atoms with Gasteiger partial charge in [-0.1, -0.05) is 24.3 Å². The zero-order chi connectivity index (χ0) is 17.1. The molecule has 0 atom stereocenters. The number of aromatic amines is 1. The Morgan fingerprint density at radius 2 is 1.92 bits per heavy atom. The summed E-state index contributed by atoms with van der Waals surface area (Å²) in [5.41, 5.74) is 0.180. The molecule has 1 amide bonds. The molecule has 6 nitrogen and oxygen atoms in total. The zero-order valence-electron chi connectivity index (χ0n) is 12.8. The van der Waals surface area contributed by atoms with Gasteiger partial charge in [0.25, 0.3) is 11.5 Å².